The van der Waals surface area contributed by atoms with Crippen molar-refractivity contribution in [2.45, 2.75) is 0 Å². The van der Waals surface area contributed by atoms with E-state index in [4.69, 9.17) is 22.7 Å². The number of ether oxygens (including phenoxy) is 1. The lowest BCUT2D eigenvalue weighted by atomic mass is 10.3. The molecule has 0 amide bonds. The largest absolute Gasteiger partial charge is 0.439 e. The van der Waals surface area contributed by atoms with Gasteiger partial charge in [0, 0.05) is 23.9 Å². The first kappa shape index (κ1) is 11.5. The maximum Gasteiger partial charge on any atom is 0.219 e. The van der Waals surface area contributed by atoms with E-state index in [1.807, 2.05) is 0 Å². The van der Waals surface area contributed by atoms with Crippen LogP contribution in [-0.4, -0.2) is 9.97 Å². The first-order valence-electron chi connectivity index (χ1n) is 4.84. The summed E-state index contributed by atoms with van der Waals surface area (Å²) in [5.41, 5.74) is 6.10. The van der Waals surface area contributed by atoms with E-state index in [9.17, 15) is 4.39 Å². The fourth-order valence-corrected chi connectivity index (χ4v) is 1.36. The summed E-state index contributed by atoms with van der Waals surface area (Å²) in [5.74, 6) is 0.387. The summed E-state index contributed by atoms with van der Waals surface area (Å²) >= 11 is 4.80. The molecule has 86 valence electrons. The van der Waals surface area contributed by atoms with Crippen LogP contribution in [0.15, 0.2) is 42.6 Å². The molecule has 2 N–H and O–H groups in total. The van der Waals surface area contributed by atoms with E-state index in [-0.39, 0.29) is 10.8 Å². The van der Waals surface area contributed by atoms with E-state index < -0.39 is 0 Å². The van der Waals surface area contributed by atoms with Crippen LogP contribution in [0, 0.1) is 5.82 Å². The lowest BCUT2D eigenvalue weighted by molar-refractivity contribution is 0.458. The van der Waals surface area contributed by atoms with Gasteiger partial charge in [-0.05, 0) is 18.2 Å². The monoisotopic (exact) mass is 248 g/mol. The van der Waals surface area contributed by atoms with Gasteiger partial charge in [-0.25, -0.2) is 9.37 Å². The predicted molar refractivity (Wildman–Crippen MR) is 66.6 cm³/mol. The second-order valence-electron chi connectivity index (χ2n) is 3.31. The van der Waals surface area contributed by atoms with Gasteiger partial charge >= 0.3 is 0 Å². The van der Waals surface area contributed by atoms with Gasteiger partial charge in [0.05, 0.1) is 0 Å². The third-order valence-corrected chi connectivity index (χ3v) is 2.28. The first-order valence-corrected chi connectivity index (χ1v) is 5.25. The normalized spacial score (nSPS) is 9.94. The van der Waals surface area contributed by atoms with Gasteiger partial charge in [0.25, 0.3) is 0 Å². The summed E-state index contributed by atoms with van der Waals surface area (Å²) in [4.78, 5) is 4.29. The third kappa shape index (κ3) is 2.98. The Balaban J connectivity index is 2.16. The summed E-state index contributed by atoms with van der Waals surface area (Å²) < 4.78 is 18.3. The van der Waals surface area contributed by atoms with Crippen LogP contribution in [0.25, 0.3) is 0 Å². The molecule has 0 aliphatic rings. The Hall–Kier alpha value is -2.01. The van der Waals surface area contributed by atoms with Crippen molar-refractivity contribution in [1.82, 2.24) is 4.98 Å². The number of hydrogen-bond acceptors (Lipinski definition) is 3. The summed E-state index contributed by atoms with van der Waals surface area (Å²) in [5, 5.41) is 0. The minimum atomic E-state index is -0.359. The standard InChI is InChI=1S/C12H9FN2OS/c13-9-2-1-3-10(6-9)16-11-5-4-8(7-15-11)12(14)17/h1-7H,(H2,14,17). The number of nitrogens with zero attached hydrogens (tertiary/aromatic N) is 1. The van der Waals surface area contributed by atoms with Gasteiger partial charge in [0.15, 0.2) is 0 Å². The number of aromatic nitrogens is 1. The van der Waals surface area contributed by atoms with Crippen LogP contribution in [0.3, 0.4) is 0 Å². The molecule has 0 aliphatic heterocycles. The van der Waals surface area contributed by atoms with Crippen molar-refractivity contribution in [2.24, 2.45) is 5.73 Å². The molecule has 3 nitrogen and oxygen atoms in total. The molecule has 5 heteroatoms. The number of nitrogens with two attached hydrogens (primary N) is 1. The van der Waals surface area contributed by atoms with Crippen molar-refractivity contribution in [1.29, 1.82) is 0 Å². The topological polar surface area (TPSA) is 48.1 Å². The Morgan fingerprint density at radius 3 is 2.71 bits per heavy atom. The molecule has 1 aromatic carbocycles. The summed E-state index contributed by atoms with van der Waals surface area (Å²) in [6.07, 6.45) is 1.51. The highest BCUT2D eigenvalue weighted by atomic mass is 32.1. The molecule has 0 fully saturated rings. The highest BCUT2D eigenvalue weighted by Gasteiger charge is 2.01. The van der Waals surface area contributed by atoms with E-state index in [0.717, 1.165) is 0 Å². The van der Waals surface area contributed by atoms with Gasteiger partial charge in [0.1, 0.15) is 16.6 Å². The lowest BCUT2D eigenvalue weighted by Gasteiger charge is -2.05. The number of thiocarbonyl (C=S) groups is 1. The highest BCUT2D eigenvalue weighted by Crippen LogP contribution is 2.19. The van der Waals surface area contributed by atoms with Crippen LogP contribution in [0.1, 0.15) is 5.56 Å². The lowest BCUT2D eigenvalue weighted by Crippen LogP contribution is -2.09. The minimum Gasteiger partial charge on any atom is -0.439 e. The number of halogens is 1. The molecule has 1 aromatic heterocycles. The zero-order chi connectivity index (χ0) is 12.3. The smallest absolute Gasteiger partial charge is 0.219 e. The van der Waals surface area contributed by atoms with E-state index in [1.165, 1.54) is 18.3 Å². The zero-order valence-corrected chi connectivity index (χ0v) is 9.58. The second kappa shape index (κ2) is 4.88. The molecule has 0 bridgehead atoms. The quantitative estimate of drug-likeness (QED) is 0.848. The van der Waals surface area contributed by atoms with Crippen LogP contribution in [0.2, 0.25) is 0 Å². The average Bonchev–Trinajstić information content (AvgIpc) is 2.29. The van der Waals surface area contributed by atoms with Crippen molar-refractivity contribution in [3.8, 4) is 11.6 Å². The number of hydrogen-bond donors (Lipinski definition) is 1. The van der Waals surface area contributed by atoms with Gasteiger partial charge in [-0.1, -0.05) is 18.3 Å². The molecule has 17 heavy (non-hydrogen) atoms. The molecule has 0 unspecified atom stereocenters. The number of pyridine rings is 1. The van der Waals surface area contributed by atoms with Crippen molar-refractivity contribution < 1.29 is 9.13 Å². The molecule has 2 aromatic rings. The van der Waals surface area contributed by atoms with Crippen LogP contribution in [0.4, 0.5) is 4.39 Å². The van der Waals surface area contributed by atoms with Crippen LogP contribution < -0.4 is 10.5 Å². The minimum absolute atomic E-state index is 0.273. The van der Waals surface area contributed by atoms with Crippen molar-refractivity contribution in [3.63, 3.8) is 0 Å². The van der Waals surface area contributed by atoms with Gasteiger partial charge in [-0.15, -0.1) is 0 Å². The average molecular weight is 248 g/mol. The summed E-state index contributed by atoms with van der Waals surface area (Å²) in [6.45, 7) is 0. The Kier molecular flexibility index (Phi) is 3.30. The SMILES string of the molecule is NC(=S)c1ccc(Oc2cccc(F)c2)nc1. The van der Waals surface area contributed by atoms with E-state index >= 15 is 0 Å². The highest BCUT2D eigenvalue weighted by molar-refractivity contribution is 7.80. The van der Waals surface area contributed by atoms with Gasteiger partial charge in [0.2, 0.25) is 5.88 Å². The Labute approximate surface area is 103 Å². The fraction of sp³-hybridized carbons (Fsp3) is 0. The Morgan fingerprint density at radius 1 is 1.29 bits per heavy atom. The Bertz CT molecular complexity index is 542. The van der Waals surface area contributed by atoms with E-state index in [0.29, 0.717) is 17.2 Å². The summed E-state index contributed by atoms with van der Waals surface area (Å²) in [6, 6.07) is 9.16. The van der Waals surface area contributed by atoms with Crippen molar-refractivity contribution >= 4 is 17.2 Å². The summed E-state index contributed by atoms with van der Waals surface area (Å²) in [7, 11) is 0. The molecule has 2 rings (SSSR count). The Morgan fingerprint density at radius 2 is 2.12 bits per heavy atom. The predicted octanol–water partition coefficient (Wildman–Crippen LogP) is 2.65. The molecule has 0 saturated heterocycles. The zero-order valence-electron chi connectivity index (χ0n) is 8.76. The third-order valence-electron chi connectivity index (χ3n) is 2.04. The molecule has 0 spiro atoms. The van der Waals surface area contributed by atoms with Crippen LogP contribution in [0.5, 0.6) is 11.6 Å². The molecule has 1 heterocycles. The fourth-order valence-electron chi connectivity index (χ4n) is 1.24. The molecular formula is C12H9FN2OS. The van der Waals surface area contributed by atoms with E-state index in [2.05, 4.69) is 4.98 Å². The molecular weight excluding hydrogens is 239 g/mol. The van der Waals surface area contributed by atoms with Gasteiger partial charge < -0.3 is 10.5 Å². The maximum absolute atomic E-state index is 12.9. The van der Waals surface area contributed by atoms with Crippen molar-refractivity contribution in [3.05, 3.63) is 54.0 Å². The molecule has 0 aliphatic carbocycles. The molecule has 0 atom stereocenters. The van der Waals surface area contributed by atoms with Crippen LogP contribution in [-0.2, 0) is 0 Å². The van der Waals surface area contributed by atoms with Gasteiger partial charge in [-0.3, -0.25) is 0 Å². The van der Waals surface area contributed by atoms with E-state index in [1.54, 1.807) is 24.3 Å². The number of rotatable bonds is 3. The maximum atomic E-state index is 12.9. The molecule has 0 saturated carbocycles. The molecule has 0 radical (unpaired) electrons. The second-order valence-corrected chi connectivity index (χ2v) is 3.75. The first-order chi connectivity index (χ1) is 8.15. The van der Waals surface area contributed by atoms with Gasteiger partial charge in [-0.2, -0.15) is 0 Å². The van der Waals surface area contributed by atoms with Crippen molar-refractivity contribution in [2.75, 3.05) is 0 Å². The van der Waals surface area contributed by atoms with Crippen LogP contribution >= 0.6 is 12.2 Å². The number of benzene rings is 1.